The van der Waals surface area contributed by atoms with E-state index in [-0.39, 0.29) is 0 Å². The lowest BCUT2D eigenvalue weighted by molar-refractivity contribution is -0.112. The largest absolute Gasteiger partial charge is 0.493 e. The summed E-state index contributed by atoms with van der Waals surface area (Å²) in [7, 11) is 0. The topological polar surface area (TPSA) is 64.6 Å². The number of rotatable bonds is 4. The molecule has 1 N–H and O–H groups in total. The van der Waals surface area contributed by atoms with Crippen LogP contribution < -0.4 is 10.1 Å². The number of carbonyl (C=O) groups excluding carboxylic acids is 2. The number of hydrogen-bond acceptors (Lipinski definition) is 4. The summed E-state index contributed by atoms with van der Waals surface area (Å²) in [6, 6.07) is 5.86. The molecule has 1 aliphatic rings. The van der Waals surface area contributed by atoms with Gasteiger partial charge in [0.2, 0.25) is 0 Å². The van der Waals surface area contributed by atoms with Gasteiger partial charge in [0.15, 0.2) is 0 Å². The van der Waals surface area contributed by atoms with Gasteiger partial charge in [-0.15, -0.1) is 0 Å². The Bertz CT molecular complexity index is 577. The first-order valence-corrected chi connectivity index (χ1v) is 7.43. The third kappa shape index (κ3) is 4.23. The zero-order valence-corrected chi connectivity index (χ0v) is 13.6. The molecule has 0 aliphatic carbocycles. The highest BCUT2D eigenvalue weighted by Gasteiger charge is 2.29. The third-order valence-corrected chi connectivity index (χ3v) is 3.37. The molecule has 0 fully saturated rings. The zero-order chi connectivity index (χ0) is 16.4. The summed E-state index contributed by atoms with van der Waals surface area (Å²) in [5.74, 6) is 0.900. The van der Waals surface area contributed by atoms with Crippen molar-refractivity contribution in [3.63, 3.8) is 0 Å². The van der Waals surface area contributed by atoms with Crippen molar-refractivity contribution in [2.24, 2.45) is 0 Å². The second-order valence-electron chi connectivity index (χ2n) is 6.88. The van der Waals surface area contributed by atoms with Crippen LogP contribution in [0.2, 0.25) is 0 Å². The molecular formula is C17H23NO4. The summed E-state index contributed by atoms with van der Waals surface area (Å²) in [5, 5.41) is 2.66. The number of amides is 1. The van der Waals surface area contributed by atoms with Crippen molar-refractivity contribution >= 4 is 12.4 Å². The maximum atomic E-state index is 11.9. The van der Waals surface area contributed by atoms with Gasteiger partial charge in [0, 0.05) is 12.8 Å². The average molecular weight is 305 g/mol. The molecule has 1 amide bonds. The number of alkyl carbamates (subject to hydrolysis) is 1. The van der Waals surface area contributed by atoms with Crippen LogP contribution in [0.5, 0.6) is 5.75 Å². The highest BCUT2D eigenvalue weighted by Crippen LogP contribution is 2.27. The molecule has 22 heavy (non-hydrogen) atoms. The van der Waals surface area contributed by atoms with Crippen molar-refractivity contribution in [1.29, 1.82) is 0 Å². The van der Waals surface area contributed by atoms with Crippen LogP contribution in [0.1, 0.15) is 38.8 Å². The number of aldehydes is 1. The molecule has 1 aromatic carbocycles. The van der Waals surface area contributed by atoms with E-state index in [0.29, 0.717) is 13.0 Å². The lowest BCUT2D eigenvalue weighted by Gasteiger charge is -2.27. The van der Waals surface area contributed by atoms with E-state index in [4.69, 9.17) is 9.47 Å². The smallest absolute Gasteiger partial charge is 0.408 e. The van der Waals surface area contributed by atoms with Gasteiger partial charge in [0.05, 0.1) is 12.1 Å². The van der Waals surface area contributed by atoms with Crippen LogP contribution in [0.15, 0.2) is 18.2 Å². The zero-order valence-electron chi connectivity index (χ0n) is 13.6. The van der Waals surface area contributed by atoms with Crippen LogP contribution in [0.4, 0.5) is 4.79 Å². The quantitative estimate of drug-likeness (QED) is 0.869. The molecule has 5 heteroatoms. The van der Waals surface area contributed by atoms with Gasteiger partial charge in [-0.25, -0.2) is 4.79 Å². The summed E-state index contributed by atoms with van der Waals surface area (Å²) in [5.41, 5.74) is 0.521. The van der Waals surface area contributed by atoms with Crippen molar-refractivity contribution in [1.82, 2.24) is 5.32 Å². The lowest BCUT2D eigenvalue weighted by atomic mass is 9.93. The molecule has 2 rings (SSSR count). The molecule has 0 bridgehead atoms. The van der Waals surface area contributed by atoms with E-state index in [9.17, 15) is 9.59 Å². The Morgan fingerprint density at radius 1 is 1.36 bits per heavy atom. The predicted octanol–water partition coefficient (Wildman–Crippen LogP) is 2.65. The number of ether oxygens (including phenoxy) is 2. The van der Waals surface area contributed by atoms with Gasteiger partial charge >= 0.3 is 6.09 Å². The molecule has 120 valence electrons. The highest BCUT2D eigenvalue weighted by atomic mass is 16.6. The minimum atomic E-state index is -1.00. The standard InChI is InChI=1S/C17H23NO4/c1-16(2,3)22-15(20)18-17(4,11-19)10-12-5-6-14-13(9-12)7-8-21-14/h5-6,9,11H,7-8,10H2,1-4H3,(H,18,20). The summed E-state index contributed by atoms with van der Waals surface area (Å²) in [6.45, 7) is 7.73. The molecule has 1 aliphatic heterocycles. The summed E-state index contributed by atoms with van der Waals surface area (Å²) < 4.78 is 10.7. The van der Waals surface area contributed by atoms with Crippen molar-refractivity contribution in [2.45, 2.75) is 51.7 Å². The fraction of sp³-hybridized carbons (Fsp3) is 0.529. The molecule has 1 aromatic rings. The Balaban J connectivity index is 2.07. The Morgan fingerprint density at radius 3 is 2.73 bits per heavy atom. The number of fused-ring (bicyclic) bond motifs is 1. The SMILES string of the molecule is CC(C=O)(Cc1ccc2c(c1)CCO2)NC(=O)OC(C)(C)C. The summed E-state index contributed by atoms with van der Waals surface area (Å²) in [6.07, 6.45) is 1.44. The second-order valence-corrected chi connectivity index (χ2v) is 6.88. The summed E-state index contributed by atoms with van der Waals surface area (Å²) >= 11 is 0. The van der Waals surface area contributed by atoms with Gasteiger partial charge in [-0.05, 0) is 44.9 Å². The van der Waals surface area contributed by atoms with E-state index in [1.54, 1.807) is 27.7 Å². The first-order valence-electron chi connectivity index (χ1n) is 7.43. The first-order chi connectivity index (χ1) is 10.2. The van der Waals surface area contributed by atoms with Gasteiger partial charge in [0.1, 0.15) is 17.6 Å². The number of hydrogen-bond donors (Lipinski definition) is 1. The molecule has 0 aromatic heterocycles. The lowest BCUT2D eigenvalue weighted by Crippen LogP contribution is -2.50. The molecule has 0 radical (unpaired) electrons. The molecule has 1 atom stereocenters. The van der Waals surface area contributed by atoms with Crippen LogP contribution >= 0.6 is 0 Å². The molecule has 0 spiro atoms. The maximum Gasteiger partial charge on any atom is 0.408 e. The molecular weight excluding hydrogens is 282 g/mol. The number of nitrogens with one attached hydrogen (secondary N) is 1. The van der Waals surface area contributed by atoms with E-state index >= 15 is 0 Å². The Morgan fingerprint density at radius 2 is 2.09 bits per heavy atom. The van der Waals surface area contributed by atoms with Gasteiger partial charge in [-0.3, -0.25) is 0 Å². The van der Waals surface area contributed by atoms with Crippen molar-refractivity contribution in [3.05, 3.63) is 29.3 Å². The van der Waals surface area contributed by atoms with Gasteiger partial charge < -0.3 is 19.6 Å². The molecule has 5 nitrogen and oxygen atoms in total. The Labute approximate surface area is 131 Å². The second kappa shape index (κ2) is 5.99. The van der Waals surface area contributed by atoms with Crippen molar-refractivity contribution in [3.8, 4) is 5.75 Å². The molecule has 1 unspecified atom stereocenters. The van der Waals surface area contributed by atoms with E-state index in [1.807, 2.05) is 18.2 Å². The van der Waals surface area contributed by atoms with Crippen LogP contribution in [0.25, 0.3) is 0 Å². The van der Waals surface area contributed by atoms with Crippen molar-refractivity contribution in [2.75, 3.05) is 6.61 Å². The van der Waals surface area contributed by atoms with E-state index in [2.05, 4.69) is 5.32 Å². The van der Waals surface area contributed by atoms with Gasteiger partial charge in [-0.2, -0.15) is 0 Å². The van der Waals surface area contributed by atoms with Crippen LogP contribution in [-0.2, 0) is 22.4 Å². The monoisotopic (exact) mass is 305 g/mol. The van der Waals surface area contributed by atoms with E-state index in [1.165, 1.54) is 0 Å². The number of benzene rings is 1. The third-order valence-electron chi connectivity index (χ3n) is 3.37. The van der Waals surface area contributed by atoms with Crippen LogP contribution in [-0.4, -0.2) is 30.1 Å². The molecule has 0 saturated carbocycles. The first kappa shape index (κ1) is 16.3. The highest BCUT2D eigenvalue weighted by molar-refractivity contribution is 5.76. The van der Waals surface area contributed by atoms with E-state index < -0.39 is 17.2 Å². The Hall–Kier alpha value is -2.04. The fourth-order valence-corrected chi connectivity index (χ4v) is 2.43. The van der Waals surface area contributed by atoms with Crippen LogP contribution in [0, 0.1) is 0 Å². The molecule has 0 saturated heterocycles. The van der Waals surface area contributed by atoms with Gasteiger partial charge in [-0.1, -0.05) is 12.1 Å². The molecule has 1 heterocycles. The van der Waals surface area contributed by atoms with Crippen LogP contribution in [0.3, 0.4) is 0 Å². The number of carbonyl (C=O) groups is 2. The van der Waals surface area contributed by atoms with E-state index in [0.717, 1.165) is 29.6 Å². The predicted molar refractivity (Wildman–Crippen MR) is 83.2 cm³/mol. The minimum absolute atomic E-state index is 0.406. The maximum absolute atomic E-state index is 11.9. The normalized spacial score (nSPS) is 16.2. The minimum Gasteiger partial charge on any atom is -0.493 e. The van der Waals surface area contributed by atoms with Gasteiger partial charge in [0.25, 0.3) is 0 Å². The Kier molecular flexibility index (Phi) is 4.44. The summed E-state index contributed by atoms with van der Waals surface area (Å²) in [4.78, 5) is 23.4. The van der Waals surface area contributed by atoms with Crippen molar-refractivity contribution < 1.29 is 19.1 Å². The fourth-order valence-electron chi connectivity index (χ4n) is 2.43. The average Bonchev–Trinajstić information content (AvgIpc) is 2.83.